The molecule has 134 valence electrons. The Bertz CT molecular complexity index is 784. The standard InChI is InChI=1S/C16H20N4O3S2/c1-20-9-17-19-16(20)24-8-12(21)18-14-13(15(22)23-2)10-6-4-3-5-7-11(10)25-14/h9H,3-8H2,1-2H3,(H,18,21). The number of aryl methyl sites for hydroxylation is 2. The molecule has 2 aromatic heterocycles. The van der Waals surface area contributed by atoms with Crippen molar-refractivity contribution in [3.05, 3.63) is 22.3 Å². The summed E-state index contributed by atoms with van der Waals surface area (Å²) in [5, 5.41) is 11.9. The number of esters is 1. The van der Waals surface area contributed by atoms with Crippen molar-refractivity contribution in [1.82, 2.24) is 14.8 Å². The molecular formula is C16H20N4O3S2. The smallest absolute Gasteiger partial charge is 0.341 e. The van der Waals surface area contributed by atoms with E-state index in [0.717, 1.165) is 37.7 Å². The highest BCUT2D eigenvalue weighted by Crippen LogP contribution is 2.38. The predicted octanol–water partition coefficient (Wildman–Crippen LogP) is 2.66. The van der Waals surface area contributed by atoms with Gasteiger partial charge in [-0.3, -0.25) is 4.79 Å². The molecule has 0 bridgehead atoms. The lowest BCUT2D eigenvalue weighted by Gasteiger charge is -2.07. The maximum atomic E-state index is 12.3. The fourth-order valence-corrected chi connectivity index (χ4v) is 4.83. The van der Waals surface area contributed by atoms with E-state index >= 15 is 0 Å². The molecule has 0 radical (unpaired) electrons. The number of thiophene rings is 1. The number of hydrogen-bond donors (Lipinski definition) is 1. The minimum atomic E-state index is -0.379. The first-order chi connectivity index (χ1) is 12.1. The van der Waals surface area contributed by atoms with E-state index < -0.39 is 0 Å². The fraction of sp³-hybridized carbons (Fsp3) is 0.500. The molecule has 7 nitrogen and oxygen atoms in total. The van der Waals surface area contributed by atoms with Crippen LogP contribution in [-0.2, 0) is 29.4 Å². The third-order valence-corrected chi connectivity index (χ3v) is 6.31. The number of carbonyl (C=O) groups excluding carboxylic acids is 2. The number of rotatable bonds is 5. The second-order valence-corrected chi connectivity index (χ2v) is 7.87. The second-order valence-electron chi connectivity index (χ2n) is 5.82. The van der Waals surface area contributed by atoms with Crippen LogP contribution in [0.2, 0.25) is 0 Å². The summed E-state index contributed by atoms with van der Waals surface area (Å²) in [4.78, 5) is 25.8. The normalized spacial score (nSPS) is 13.8. The molecule has 0 fully saturated rings. The van der Waals surface area contributed by atoms with Crippen molar-refractivity contribution in [3.8, 4) is 0 Å². The van der Waals surface area contributed by atoms with Crippen molar-refractivity contribution in [3.63, 3.8) is 0 Å². The summed E-state index contributed by atoms with van der Waals surface area (Å²) in [5.41, 5.74) is 1.58. The van der Waals surface area contributed by atoms with Crippen molar-refractivity contribution in [2.24, 2.45) is 7.05 Å². The molecule has 0 atom stereocenters. The van der Waals surface area contributed by atoms with E-state index in [1.54, 1.807) is 10.9 Å². The average molecular weight is 380 g/mol. The fourth-order valence-electron chi connectivity index (χ4n) is 2.84. The van der Waals surface area contributed by atoms with Crippen LogP contribution in [0.1, 0.15) is 40.1 Å². The van der Waals surface area contributed by atoms with Gasteiger partial charge in [-0.05, 0) is 31.2 Å². The monoisotopic (exact) mass is 380 g/mol. The van der Waals surface area contributed by atoms with Crippen LogP contribution < -0.4 is 5.32 Å². The number of ether oxygens (including phenoxy) is 1. The number of nitrogens with one attached hydrogen (secondary N) is 1. The topological polar surface area (TPSA) is 86.1 Å². The van der Waals surface area contributed by atoms with E-state index in [2.05, 4.69) is 15.5 Å². The lowest BCUT2D eigenvalue weighted by Crippen LogP contribution is -2.16. The molecule has 9 heteroatoms. The van der Waals surface area contributed by atoms with Gasteiger partial charge in [0.05, 0.1) is 18.4 Å². The minimum absolute atomic E-state index is 0.172. The van der Waals surface area contributed by atoms with Crippen molar-refractivity contribution in [2.75, 3.05) is 18.2 Å². The summed E-state index contributed by atoms with van der Waals surface area (Å²) in [6.45, 7) is 0. The third-order valence-electron chi connectivity index (χ3n) is 4.07. The maximum Gasteiger partial charge on any atom is 0.341 e. The number of amides is 1. The van der Waals surface area contributed by atoms with Crippen LogP contribution in [0.3, 0.4) is 0 Å². The lowest BCUT2D eigenvalue weighted by atomic mass is 10.1. The molecule has 0 aliphatic heterocycles. The molecule has 0 unspecified atom stereocenters. The van der Waals surface area contributed by atoms with E-state index in [1.807, 2.05) is 7.05 Å². The van der Waals surface area contributed by atoms with Crippen LogP contribution in [0.25, 0.3) is 0 Å². The molecule has 1 amide bonds. The van der Waals surface area contributed by atoms with Crippen LogP contribution in [0.5, 0.6) is 0 Å². The Balaban J connectivity index is 1.75. The molecule has 0 saturated heterocycles. The summed E-state index contributed by atoms with van der Waals surface area (Å²) < 4.78 is 6.70. The number of methoxy groups -OCH3 is 1. The van der Waals surface area contributed by atoms with Gasteiger partial charge in [-0.1, -0.05) is 18.2 Å². The molecular weight excluding hydrogens is 360 g/mol. The van der Waals surface area contributed by atoms with Crippen molar-refractivity contribution in [2.45, 2.75) is 37.3 Å². The van der Waals surface area contributed by atoms with E-state index in [0.29, 0.717) is 15.7 Å². The Labute approximate surface area is 154 Å². The molecule has 2 aromatic rings. The van der Waals surface area contributed by atoms with Crippen LogP contribution in [0.15, 0.2) is 11.5 Å². The largest absolute Gasteiger partial charge is 0.465 e. The summed E-state index contributed by atoms with van der Waals surface area (Å²) in [6.07, 6.45) is 6.74. The van der Waals surface area contributed by atoms with Crippen LogP contribution in [0.4, 0.5) is 5.00 Å². The number of hydrogen-bond acceptors (Lipinski definition) is 7. The second kappa shape index (κ2) is 8.01. The number of carbonyl (C=O) groups is 2. The molecule has 0 aromatic carbocycles. The van der Waals surface area contributed by atoms with Gasteiger partial charge in [-0.15, -0.1) is 21.5 Å². The number of nitrogens with zero attached hydrogens (tertiary/aromatic N) is 3. The van der Waals surface area contributed by atoms with E-state index in [4.69, 9.17) is 4.74 Å². The quantitative estimate of drug-likeness (QED) is 0.488. The van der Waals surface area contributed by atoms with Gasteiger partial charge >= 0.3 is 5.97 Å². The number of thioether (sulfide) groups is 1. The van der Waals surface area contributed by atoms with Gasteiger partial charge in [0, 0.05) is 11.9 Å². The van der Waals surface area contributed by atoms with Crippen molar-refractivity contribution in [1.29, 1.82) is 0 Å². The minimum Gasteiger partial charge on any atom is -0.465 e. The third kappa shape index (κ3) is 4.04. The molecule has 1 N–H and O–H groups in total. The summed E-state index contributed by atoms with van der Waals surface area (Å²) >= 11 is 2.80. The Kier molecular flexibility index (Phi) is 5.74. The first kappa shape index (κ1) is 17.9. The van der Waals surface area contributed by atoms with Gasteiger partial charge in [0.2, 0.25) is 5.91 Å². The predicted molar refractivity (Wildman–Crippen MR) is 97.3 cm³/mol. The van der Waals surface area contributed by atoms with Gasteiger partial charge in [0.15, 0.2) is 5.16 Å². The zero-order chi connectivity index (χ0) is 17.8. The summed E-state index contributed by atoms with van der Waals surface area (Å²) in [6, 6.07) is 0. The first-order valence-corrected chi connectivity index (χ1v) is 9.90. The van der Waals surface area contributed by atoms with E-state index in [9.17, 15) is 9.59 Å². The van der Waals surface area contributed by atoms with Crippen LogP contribution in [0, 0.1) is 0 Å². The van der Waals surface area contributed by atoms with Crippen LogP contribution in [-0.4, -0.2) is 39.5 Å². The molecule has 1 aliphatic rings. The van der Waals surface area contributed by atoms with Crippen LogP contribution >= 0.6 is 23.1 Å². The average Bonchev–Trinajstić information content (AvgIpc) is 3.07. The Morgan fingerprint density at radius 2 is 2.16 bits per heavy atom. The van der Waals surface area contributed by atoms with E-state index in [-0.39, 0.29) is 17.6 Å². The van der Waals surface area contributed by atoms with Gasteiger partial charge in [-0.2, -0.15) is 0 Å². The highest BCUT2D eigenvalue weighted by molar-refractivity contribution is 7.99. The molecule has 3 rings (SSSR count). The van der Waals surface area contributed by atoms with Gasteiger partial charge < -0.3 is 14.6 Å². The number of fused-ring (bicyclic) bond motifs is 1. The maximum absolute atomic E-state index is 12.3. The SMILES string of the molecule is COC(=O)c1c(NC(=O)CSc2nncn2C)sc2c1CCCCC2. The number of aromatic nitrogens is 3. The van der Waals surface area contributed by atoms with Crippen molar-refractivity contribution >= 4 is 40.0 Å². The highest BCUT2D eigenvalue weighted by atomic mass is 32.2. The summed E-state index contributed by atoms with van der Waals surface area (Å²) in [5.74, 6) is -0.347. The van der Waals surface area contributed by atoms with Crippen molar-refractivity contribution < 1.29 is 14.3 Å². The Hall–Kier alpha value is -1.87. The molecule has 0 spiro atoms. The lowest BCUT2D eigenvalue weighted by molar-refractivity contribution is -0.113. The summed E-state index contributed by atoms with van der Waals surface area (Å²) in [7, 11) is 3.20. The zero-order valence-corrected chi connectivity index (χ0v) is 15.8. The Morgan fingerprint density at radius 1 is 1.36 bits per heavy atom. The van der Waals surface area contributed by atoms with Gasteiger partial charge in [-0.25, -0.2) is 4.79 Å². The number of anilines is 1. The Morgan fingerprint density at radius 3 is 2.88 bits per heavy atom. The van der Waals surface area contributed by atoms with E-state index in [1.165, 1.54) is 35.1 Å². The van der Waals surface area contributed by atoms with Gasteiger partial charge in [0.1, 0.15) is 11.3 Å². The molecule has 25 heavy (non-hydrogen) atoms. The molecule has 1 aliphatic carbocycles. The highest BCUT2D eigenvalue weighted by Gasteiger charge is 2.26. The molecule has 0 saturated carbocycles. The molecule has 2 heterocycles. The zero-order valence-electron chi connectivity index (χ0n) is 14.2. The van der Waals surface area contributed by atoms with Gasteiger partial charge in [0.25, 0.3) is 0 Å². The first-order valence-electron chi connectivity index (χ1n) is 8.09.